The lowest BCUT2D eigenvalue weighted by Crippen LogP contribution is -2.38. The molecular weight excluding hydrogens is 528 g/mol. The molecule has 0 unspecified atom stereocenters. The van der Waals surface area contributed by atoms with E-state index < -0.39 is 5.92 Å². The second-order valence-electron chi connectivity index (χ2n) is 6.47. The summed E-state index contributed by atoms with van der Waals surface area (Å²) in [4.78, 5) is 13.1. The highest BCUT2D eigenvalue weighted by molar-refractivity contribution is 9.10. The van der Waals surface area contributed by atoms with Crippen LogP contribution in [0.3, 0.4) is 0 Å². The van der Waals surface area contributed by atoms with Gasteiger partial charge in [-0.2, -0.15) is 10.5 Å². The molecule has 0 saturated heterocycles. The van der Waals surface area contributed by atoms with Gasteiger partial charge in [0, 0.05) is 8.95 Å². The molecule has 146 valence electrons. The quantitative estimate of drug-likeness (QED) is 0.540. The minimum absolute atomic E-state index is 0.0558. The van der Waals surface area contributed by atoms with Crippen LogP contribution in [0.2, 0.25) is 0 Å². The molecule has 4 rings (SSSR count). The van der Waals surface area contributed by atoms with E-state index in [0.717, 1.165) is 20.1 Å². The van der Waals surface area contributed by atoms with Gasteiger partial charge in [-0.15, -0.1) is 11.3 Å². The van der Waals surface area contributed by atoms with E-state index in [1.165, 1.54) is 15.9 Å². The van der Waals surface area contributed by atoms with E-state index >= 15 is 0 Å². The molecule has 0 bridgehead atoms. The van der Waals surface area contributed by atoms with Crippen LogP contribution in [0.15, 0.2) is 67.8 Å². The Bertz CT molecular complexity index is 1480. The molecule has 1 aliphatic heterocycles. The van der Waals surface area contributed by atoms with Gasteiger partial charge >= 0.3 is 0 Å². The first-order chi connectivity index (χ1) is 14.5. The number of nitrogens with zero attached hydrogens (tertiary/aromatic N) is 3. The van der Waals surface area contributed by atoms with Crippen LogP contribution in [0, 0.1) is 22.7 Å². The molecule has 1 atom stereocenters. The molecule has 8 heteroatoms. The zero-order chi connectivity index (χ0) is 21.4. The maximum atomic E-state index is 13.1. The molecule has 30 heavy (non-hydrogen) atoms. The van der Waals surface area contributed by atoms with Crippen LogP contribution in [-0.4, -0.2) is 4.57 Å². The number of aromatic nitrogens is 1. The van der Waals surface area contributed by atoms with Crippen molar-refractivity contribution in [1.82, 2.24) is 4.57 Å². The van der Waals surface area contributed by atoms with Gasteiger partial charge in [-0.05, 0) is 29.3 Å². The Morgan fingerprint density at radius 2 is 1.63 bits per heavy atom. The standard InChI is InChI=1S/C22H12Br2N4OS/c23-16-7-3-1-5-12(16)9-18-21(29)28-20(27)14(10-25)19(15(11-26)22(28)30-18)13-6-2-4-8-17(13)24/h1-9,19H,27H2/b18-9-/t19-/m1/s1. The molecule has 2 aromatic carbocycles. The fourth-order valence-corrected chi connectivity index (χ4v) is 5.44. The summed E-state index contributed by atoms with van der Waals surface area (Å²) in [6.45, 7) is 0. The van der Waals surface area contributed by atoms with E-state index in [-0.39, 0.29) is 17.0 Å². The topological polar surface area (TPSA) is 95.6 Å². The highest BCUT2D eigenvalue weighted by atomic mass is 79.9. The Labute approximate surface area is 192 Å². The molecular formula is C22H12Br2N4OS. The van der Waals surface area contributed by atoms with Crippen molar-refractivity contribution >= 4 is 60.7 Å². The lowest BCUT2D eigenvalue weighted by atomic mass is 9.84. The number of hydrogen-bond donors (Lipinski definition) is 1. The minimum Gasteiger partial charge on any atom is -0.384 e. The fourth-order valence-electron chi connectivity index (χ4n) is 3.41. The third-order valence-corrected chi connectivity index (χ3v) is 7.35. The normalized spacial score (nSPS) is 16.2. The molecule has 3 aromatic rings. The van der Waals surface area contributed by atoms with E-state index in [9.17, 15) is 15.3 Å². The van der Waals surface area contributed by atoms with Crippen molar-refractivity contribution in [2.24, 2.45) is 5.73 Å². The molecule has 1 aromatic heterocycles. The molecule has 0 saturated carbocycles. The minimum atomic E-state index is -0.648. The van der Waals surface area contributed by atoms with E-state index in [0.29, 0.717) is 14.8 Å². The first-order valence-corrected chi connectivity index (χ1v) is 11.1. The summed E-state index contributed by atoms with van der Waals surface area (Å²) in [6, 6.07) is 19.2. The lowest BCUT2D eigenvalue weighted by molar-refractivity contribution is 0.904. The summed E-state index contributed by atoms with van der Waals surface area (Å²) >= 11 is 8.18. The largest absolute Gasteiger partial charge is 0.384 e. The van der Waals surface area contributed by atoms with Gasteiger partial charge in [0.25, 0.3) is 5.56 Å². The molecule has 0 radical (unpaired) electrons. The highest BCUT2D eigenvalue weighted by Crippen LogP contribution is 2.38. The predicted molar refractivity (Wildman–Crippen MR) is 124 cm³/mol. The van der Waals surface area contributed by atoms with Crippen LogP contribution in [0.1, 0.15) is 17.0 Å². The number of rotatable bonds is 2. The van der Waals surface area contributed by atoms with Crippen LogP contribution < -0.4 is 20.5 Å². The maximum absolute atomic E-state index is 13.1. The van der Waals surface area contributed by atoms with Gasteiger partial charge in [-0.1, -0.05) is 68.3 Å². The maximum Gasteiger partial charge on any atom is 0.274 e. The van der Waals surface area contributed by atoms with E-state index in [2.05, 4.69) is 44.0 Å². The highest BCUT2D eigenvalue weighted by Gasteiger charge is 2.33. The van der Waals surface area contributed by atoms with Crippen LogP contribution in [0.4, 0.5) is 0 Å². The predicted octanol–water partition coefficient (Wildman–Crippen LogP) is 3.39. The third kappa shape index (κ3) is 3.23. The van der Waals surface area contributed by atoms with Crippen LogP contribution in [0.5, 0.6) is 0 Å². The summed E-state index contributed by atoms with van der Waals surface area (Å²) < 4.78 is 3.75. The van der Waals surface area contributed by atoms with Crippen molar-refractivity contribution in [3.8, 4) is 12.1 Å². The van der Waals surface area contributed by atoms with Crippen molar-refractivity contribution in [2.45, 2.75) is 5.92 Å². The smallest absolute Gasteiger partial charge is 0.274 e. The monoisotopic (exact) mass is 538 g/mol. The Morgan fingerprint density at radius 1 is 1.00 bits per heavy atom. The molecule has 0 spiro atoms. The molecule has 2 heterocycles. The van der Waals surface area contributed by atoms with Gasteiger partial charge in [0.05, 0.1) is 33.7 Å². The Hall–Kier alpha value is -2.91. The van der Waals surface area contributed by atoms with Crippen LogP contribution >= 0.6 is 43.2 Å². The molecule has 5 nitrogen and oxygen atoms in total. The number of allylic oxidation sites excluding steroid dienone is 1. The fraction of sp³-hybridized carbons (Fsp3) is 0.0455. The Morgan fingerprint density at radius 3 is 2.27 bits per heavy atom. The van der Waals surface area contributed by atoms with Crippen molar-refractivity contribution < 1.29 is 0 Å². The van der Waals surface area contributed by atoms with Gasteiger partial charge in [0.1, 0.15) is 10.5 Å². The van der Waals surface area contributed by atoms with Crippen LogP contribution in [-0.2, 0) is 0 Å². The molecule has 0 aliphatic carbocycles. The van der Waals surface area contributed by atoms with Crippen molar-refractivity contribution in [3.63, 3.8) is 0 Å². The summed E-state index contributed by atoms with van der Waals surface area (Å²) in [5.41, 5.74) is 8.02. The third-order valence-electron chi connectivity index (χ3n) is 4.80. The first-order valence-electron chi connectivity index (χ1n) is 8.75. The first kappa shape index (κ1) is 20.4. The van der Waals surface area contributed by atoms with Gasteiger partial charge in [-0.25, -0.2) is 0 Å². The average Bonchev–Trinajstić information content (AvgIpc) is 3.06. The van der Waals surface area contributed by atoms with E-state index in [4.69, 9.17) is 5.73 Å². The number of hydrogen-bond acceptors (Lipinski definition) is 5. The van der Waals surface area contributed by atoms with E-state index in [1.54, 1.807) is 6.08 Å². The Kier molecular flexibility index (Phi) is 5.48. The number of thiazole rings is 1. The van der Waals surface area contributed by atoms with Crippen molar-refractivity contribution in [1.29, 1.82) is 10.5 Å². The SMILES string of the molecule is N#CC1=C(N)n2c(s/c(=C\c3ccccc3Br)c2=O)=C(C#N)[C@@H]1c1ccccc1Br. The lowest BCUT2D eigenvalue weighted by Gasteiger charge is -2.23. The van der Waals surface area contributed by atoms with Gasteiger partial charge in [0.2, 0.25) is 0 Å². The van der Waals surface area contributed by atoms with Crippen molar-refractivity contribution in [3.05, 3.63) is 93.7 Å². The van der Waals surface area contributed by atoms with Gasteiger partial charge in [-0.3, -0.25) is 9.36 Å². The zero-order valence-electron chi connectivity index (χ0n) is 15.3. The summed E-state index contributed by atoms with van der Waals surface area (Å²) in [5.74, 6) is -0.592. The average molecular weight is 540 g/mol. The second-order valence-corrected chi connectivity index (χ2v) is 9.21. The zero-order valence-corrected chi connectivity index (χ0v) is 19.3. The van der Waals surface area contributed by atoms with Gasteiger partial charge < -0.3 is 5.73 Å². The number of benzene rings is 2. The molecule has 0 amide bonds. The summed E-state index contributed by atoms with van der Waals surface area (Å²) in [6.07, 6.45) is 1.75. The Balaban J connectivity index is 2.10. The second kappa shape index (κ2) is 8.08. The summed E-state index contributed by atoms with van der Waals surface area (Å²) in [5, 5.41) is 19.8. The van der Waals surface area contributed by atoms with E-state index in [1.807, 2.05) is 48.5 Å². The molecule has 1 aliphatic rings. The van der Waals surface area contributed by atoms with Crippen molar-refractivity contribution in [2.75, 3.05) is 0 Å². The summed E-state index contributed by atoms with van der Waals surface area (Å²) in [7, 11) is 0. The number of fused-ring (bicyclic) bond motifs is 1. The molecule has 0 fully saturated rings. The van der Waals surface area contributed by atoms with Gasteiger partial charge in [0.15, 0.2) is 0 Å². The van der Waals surface area contributed by atoms with Crippen LogP contribution in [0.25, 0.3) is 17.5 Å². The molecule has 2 N–H and O–H groups in total. The number of halogens is 2. The number of nitriles is 2. The number of nitrogens with two attached hydrogens (primary N) is 1.